The van der Waals surface area contributed by atoms with Crippen LogP contribution in [-0.2, 0) is 0 Å². The van der Waals surface area contributed by atoms with Crippen molar-refractivity contribution in [3.05, 3.63) is 54.1 Å². The Balaban J connectivity index is 2.31. The predicted molar refractivity (Wildman–Crippen MR) is 59.5 cm³/mol. The molecular formula is C12H7FN2S. The summed E-state index contributed by atoms with van der Waals surface area (Å²) in [6, 6.07) is 11.8. The van der Waals surface area contributed by atoms with Gasteiger partial charge in [-0.15, -0.1) is 0 Å². The van der Waals surface area contributed by atoms with Gasteiger partial charge in [-0.3, -0.25) is 0 Å². The van der Waals surface area contributed by atoms with E-state index in [4.69, 9.17) is 5.26 Å². The van der Waals surface area contributed by atoms with Gasteiger partial charge in [0.1, 0.15) is 11.9 Å². The lowest BCUT2D eigenvalue weighted by Gasteiger charge is -2.02. The minimum Gasteiger partial charge on any atom is -0.244 e. The largest absolute Gasteiger partial charge is 0.244 e. The van der Waals surface area contributed by atoms with Gasteiger partial charge in [-0.1, -0.05) is 17.8 Å². The molecule has 0 aliphatic carbocycles. The lowest BCUT2D eigenvalue weighted by atomic mass is 10.3. The second-order valence-corrected chi connectivity index (χ2v) is 4.14. The van der Waals surface area contributed by atoms with E-state index in [0.717, 1.165) is 9.79 Å². The zero-order valence-corrected chi connectivity index (χ0v) is 9.04. The zero-order valence-electron chi connectivity index (χ0n) is 8.22. The van der Waals surface area contributed by atoms with Gasteiger partial charge in [0.25, 0.3) is 0 Å². The normalized spacial score (nSPS) is 9.75. The summed E-state index contributed by atoms with van der Waals surface area (Å²) in [4.78, 5) is 5.43. The fourth-order valence-electron chi connectivity index (χ4n) is 1.21. The van der Waals surface area contributed by atoms with E-state index in [-0.39, 0.29) is 5.82 Å². The number of rotatable bonds is 2. The lowest BCUT2D eigenvalue weighted by molar-refractivity contribution is 0.624. The summed E-state index contributed by atoms with van der Waals surface area (Å²) in [5.41, 5.74) is 0.358. The highest BCUT2D eigenvalue weighted by Gasteiger charge is 2.04. The number of nitriles is 1. The Bertz CT molecular complexity index is 549. The molecule has 0 bridgehead atoms. The first-order valence-corrected chi connectivity index (χ1v) is 5.40. The summed E-state index contributed by atoms with van der Waals surface area (Å²) in [7, 11) is 0. The molecule has 4 heteroatoms. The molecule has 1 aromatic heterocycles. The third-order valence-electron chi connectivity index (χ3n) is 1.90. The van der Waals surface area contributed by atoms with Crippen molar-refractivity contribution in [1.29, 1.82) is 5.26 Å². The molecule has 0 aliphatic rings. The minimum absolute atomic E-state index is 0.285. The van der Waals surface area contributed by atoms with E-state index < -0.39 is 0 Å². The average Bonchev–Trinajstić information content (AvgIpc) is 2.30. The maximum absolute atomic E-state index is 13.0. The number of hydrogen-bond donors (Lipinski definition) is 0. The second kappa shape index (κ2) is 4.77. The topological polar surface area (TPSA) is 36.7 Å². The number of hydrogen-bond acceptors (Lipinski definition) is 3. The lowest BCUT2D eigenvalue weighted by Crippen LogP contribution is -1.85. The first kappa shape index (κ1) is 10.7. The van der Waals surface area contributed by atoms with Crippen molar-refractivity contribution < 1.29 is 4.39 Å². The van der Waals surface area contributed by atoms with Crippen LogP contribution in [-0.4, -0.2) is 4.98 Å². The van der Waals surface area contributed by atoms with Gasteiger partial charge < -0.3 is 0 Å². The van der Waals surface area contributed by atoms with Crippen LogP contribution in [0.4, 0.5) is 4.39 Å². The van der Waals surface area contributed by atoms with Crippen molar-refractivity contribution in [3.8, 4) is 6.07 Å². The zero-order chi connectivity index (χ0) is 11.4. The van der Waals surface area contributed by atoms with Crippen LogP contribution in [0, 0.1) is 17.1 Å². The molecule has 0 saturated heterocycles. The van der Waals surface area contributed by atoms with E-state index in [1.165, 1.54) is 23.9 Å². The molecule has 0 radical (unpaired) electrons. The van der Waals surface area contributed by atoms with E-state index in [9.17, 15) is 4.39 Å². The summed E-state index contributed by atoms with van der Waals surface area (Å²) in [5.74, 6) is -0.285. The van der Waals surface area contributed by atoms with E-state index >= 15 is 0 Å². The Hall–Kier alpha value is -1.86. The summed E-state index contributed by atoms with van der Waals surface area (Å²) < 4.78 is 13.0. The molecule has 2 aromatic rings. The molecule has 0 atom stereocenters. The second-order valence-electron chi connectivity index (χ2n) is 3.02. The summed E-state index contributed by atoms with van der Waals surface area (Å²) >= 11 is 1.33. The first-order valence-electron chi connectivity index (χ1n) is 4.58. The fourth-order valence-corrected chi connectivity index (χ4v) is 2.13. The van der Waals surface area contributed by atoms with Gasteiger partial charge in [0, 0.05) is 16.0 Å². The van der Waals surface area contributed by atoms with Crippen LogP contribution in [0.5, 0.6) is 0 Å². The molecule has 0 aliphatic heterocycles. The van der Waals surface area contributed by atoms with Crippen molar-refractivity contribution in [3.63, 3.8) is 0 Å². The third kappa shape index (κ3) is 2.38. The third-order valence-corrected chi connectivity index (χ3v) is 2.94. The smallest absolute Gasteiger partial charge is 0.154 e. The molecule has 0 fully saturated rings. The number of nitrogens with zero attached hydrogens (tertiary/aromatic N) is 2. The molecule has 0 saturated carbocycles. The summed E-state index contributed by atoms with van der Waals surface area (Å²) in [6.07, 6.45) is 1.56. The van der Waals surface area contributed by atoms with Crippen LogP contribution in [0.3, 0.4) is 0 Å². The molecule has 0 amide bonds. The van der Waals surface area contributed by atoms with Crippen molar-refractivity contribution >= 4 is 11.8 Å². The number of benzene rings is 1. The predicted octanol–water partition coefficient (Wildman–Crippen LogP) is 3.24. The molecule has 2 nitrogen and oxygen atoms in total. The van der Waals surface area contributed by atoms with Crippen LogP contribution in [0.1, 0.15) is 5.69 Å². The van der Waals surface area contributed by atoms with Gasteiger partial charge in [0.2, 0.25) is 0 Å². The number of halogens is 1. The molecule has 1 heterocycles. The van der Waals surface area contributed by atoms with E-state index in [1.54, 1.807) is 30.5 Å². The van der Waals surface area contributed by atoms with Crippen LogP contribution >= 0.6 is 11.8 Å². The van der Waals surface area contributed by atoms with Gasteiger partial charge in [-0.25, -0.2) is 9.37 Å². The molecule has 2 rings (SSSR count). The van der Waals surface area contributed by atoms with Crippen LogP contribution in [0.2, 0.25) is 0 Å². The quantitative estimate of drug-likeness (QED) is 0.794. The standard InChI is InChI=1S/C12H7FN2S/c13-9-3-1-4-10(7-9)16-12-5-2-6-15-11(12)8-14/h1-7H. The molecule has 16 heavy (non-hydrogen) atoms. The van der Waals surface area contributed by atoms with Crippen LogP contribution < -0.4 is 0 Å². The Labute approximate surface area is 96.8 Å². The van der Waals surface area contributed by atoms with Crippen molar-refractivity contribution in [2.45, 2.75) is 9.79 Å². The molecule has 0 N–H and O–H groups in total. The van der Waals surface area contributed by atoms with E-state index in [0.29, 0.717) is 5.69 Å². The van der Waals surface area contributed by atoms with Gasteiger partial charge in [0.05, 0.1) is 0 Å². The molecule has 1 aromatic carbocycles. The van der Waals surface area contributed by atoms with E-state index in [2.05, 4.69) is 4.98 Å². The van der Waals surface area contributed by atoms with Gasteiger partial charge >= 0.3 is 0 Å². The van der Waals surface area contributed by atoms with Gasteiger partial charge in [0.15, 0.2) is 5.69 Å². The first-order chi connectivity index (χ1) is 7.79. The van der Waals surface area contributed by atoms with E-state index in [1.807, 2.05) is 6.07 Å². The van der Waals surface area contributed by atoms with Gasteiger partial charge in [-0.05, 0) is 30.3 Å². The van der Waals surface area contributed by atoms with Crippen molar-refractivity contribution in [2.24, 2.45) is 0 Å². The van der Waals surface area contributed by atoms with Crippen molar-refractivity contribution in [1.82, 2.24) is 4.98 Å². The highest BCUT2D eigenvalue weighted by Crippen LogP contribution is 2.29. The summed E-state index contributed by atoms with van der Waals surface area (Å²) in [6.45, 7) is 0. The van der Waals surface area contributed by atoms with Crippen LogP contribution in [0.25, 0.3) is 0 Å². The molecule has 0 spiro atoms. The SMILES string of the molecule is N#Cc1ncccc1Sc1cccc(F)c1. The highest BCUT2D eigenvalue weighted by atomic mass is 32.2. The number of aromatic nitrogens is 1. The maximum Gasteiger partial charge on any atom is 0.154 e. The molecule has 0 unspecified atom stereocenters. The Kier molecular flexibility index (Phi) is 3.18. The monoisotopic (exact) mass is 230 g/mol. The Morgan fingerprint density at radius 1 is 1.25 bits per heavy atom. The van der Waals surface area contributed by atoms with Crippen molar-refractivity contribution in [2.75, 3.05) is 0 Å². The average molecular weight is 230 g/mol. The fraction of sp³-hybridized carbons (Fsp3) is 0. The Morgan fingerprint density at radius 3 is 2.88 bits per heavy atom. The highest BCUT2D eigenvalue weighted by molar-refractivity contribution is 7.99. The Morgan fingerprint density at radius 2 is 2.12 bits per heavy atom. The summed E-state index contributed by atoms with van der Waals surface area (Å²) in [5, 5.41) is 8.85. The molecule has 78 valence electrons. The van der Waals surface area contributed by atoms with Gasteiger partial charge in [-0.2, -0.15) is 5.26 Å². The van der Waals surface area contributed by atoms with Crippen LogP contribution in [0.15, 0.2) is 52.4 Å². The molecular weight excluding hydrogens is 223 g/mol. The maximum atomic E-state index is 13.0. The minimum atomic E-state index is -0.285. The number of pyridine rings is 1.